The number of carbonyl (C=O) groups excluding carboxylic acids is 2. The fraction of sp³-hybridized carbons (Fsp3) is 0.111. The summed E-state index contributed by atoms with van der Waals surface area (Å²) in [5, 5.41) is 9.92. The van der Waals surface area contributed by atoms with Crippen molar-refractivity contribution in [3.63, 3.8) is 0 Å². The zero-order valence-electron chi connectivity index (χ0n) is 15.4. The van der Waals surface area contributed by atoms with Crippen LogP contribution in [0.5, 0.6) is 0 Å². The maximum atomic E-state index is 12.5. The van der Waals surface area contributed by atoms with E-state index in [1.165, 1.54) is 31.4 Å². The minimum atomic E-state index is -4.06. The fourth-order valence-corrected chi connectivity index (χ4v) is 4.30. The molecule has 0 fully saturated rings. The summed E-state index contributed by atoms with van der Waals surface area (Å²) in [5.41, 5.74) is 1.68. The average molecular weight is 432 g/mol. The van der Waals surface area contributed by atoms with E-state index in [4.69, 9.17) is 0 Å². The summed E-state index contributed by atoms with van der Waals surface area (Å²) in [6.45, 7) is 1.85. The molecule has 9 nitrogen and oxygen atoms in total. The largest absolute Gasteiger partial charge is 0.465 e. The molecule has 0 spiro atoms. The third-order valence-electron chi connectivity index (χ3n) is 3.67. The highest BCUT2D eigenvalue weighted by atomic mass is 32.2. The standard InChI is InChI=1S/C18H16N4O5S2/c1-11-5-3-6-12(9-11)15(23)19-17-20-21-18(28-17)29(25,26)22-14-8-4-7-13(10-14)16(24)27-2/h3-10,22H,1-2H3,(H,19,20,23). The second kappa shape index (κ2) is 8.37. The minimum Gasteiger partial charge on any atom is -0.465 e. The van der Waals surface area contributed by atoms with Crippen LogP contribution in [0.4, 0.5) is 10.8 Å². The third-order valence-corrected chi connectivity index (χ3v) is 6.26. The topological polar surface area (TPSA) is 127 Å². The van der Waals surface area contributed by atoms with Gasteiger partial charge < -0.3 is 4.74 Å². The zero-order valence-corrected chi connectivity index (χ0v) is 17.0. The number of nitrogens with zero attached hydrogens (tertiary/aromatic N) is 2. The molecule has 2 aromatic carbocycles. The molecule has 1 heterocycles. The Morgan fingerprint density at radius 3 is 2.48 bits per heavy atom. The fourth-order valence-electron chi connectivity index (χ4n) is 2.35. The van der Waals surface area contributed by atoms with Crippen molar-refractivity contribution >= 4 is 44.1 Å². The monoisotopic (exact) mass is 432 g/mol. The van der Waals surface area contributed by atoms with Gasteiger partial charge in [-0.05, 0) is 37.3 Å². The van der Waals surface area contributed by atoms with Crippen LogP contribution in [0.2, 0.25) is 0 Å². The first-order chi connectivity index (χ1) is 13.8. The van der Waals surface area contributed by atoms with Crippen molar-refractivity contribution in [1.29, 1.82) is 0 Å². The number of esters is 1. The van der Waals surface area contributed by atoms with Crippen LogP contribution in [0.25, 0.3) is 0 Å². The Kier molecular flexibility index (Phi) is 5.89. The molecule has 3 rings (SSSR count). The van der Waals surface area contributed by atoms with Gasteiger partial charge in [0.2, 0.25) is 5.13 Å². The maximum Gasteiger partial charge on any atom is 0.337 e. The number of aryl methyl sites for hydroxylation is 1. The van der Waals surface area contributed by atoms with Crippen LogP contribution in [-0.2, 0) is 14.8 Å². The van der Waals surface area contributed by atoms with Gasteiger partial charge in [-0.1, -0.05) is 35.1 Å². The van der Waals surface area contributed by atoms with Gasteiger partial charge in [0.15, 0.2) is 0 Å². The van der Waals surface area contributed by atoms with E-state index in [0.29, 0.717) is 16.9 Å². The highest BCUT2D eigenvalue weighted by molar-refractivity contribution is 7.94. The molecule has 3 aromatic rings. The first-order valence-corrected chi connectivity index (χ1v) is 10.5. The first-order valence-electron chi connectivity index (χ1n) is 8.21. The summed E-state index contributed by atoms with van der Waals surface area (Å²) < 4.78 is 31.7. The molecule has 11 heteroatoms. The lowest BCUT2D eigenvalue weighted by Crippen LogP contribution is -2.13. The predicted molar refractivity (Wildman–Crippen MR) is 108 cm³/mol. The van der Waals surface area contributed by atoms with E-state index in [1.54, 1.807) is 18.2 Å². The third kappa shape index (κ3) is 4.95. The molecule has 0 aliphatic rings. The van der Waals surface area contributed by atoms with Gasteiger partial charge in [0.05, 0.1) is 12.7 Å². The van der Waals surface area contributed by atoms with Crippen molar-refractivity contribution in [2.75, 3.05) is 17.1 Å². The lowest BCUT2D eigenvalue weighted by Gasteiger charge is -2.06. The number of ether oxygens (including phenoxy) is 1. The number of amides is 1. The van der Waals surface area contributed by atoms with Gasteiger partial charge in [-0.3, -0.25) is 14.8 Å². The first kappa shape index (κ1) is 20.4. The minimum absolute atomic E-state index is 0.0418. The zero-order chi connectivity index (χ0) is 21.0. The van der Waals surface area contributed by atoms with E-state index in [1.807, 2.05) is 13.0 Å². The number of carbonyl (C=O) groups is 2. The summed E-state index contributed by atoms with van der Waals surface area (Å²) in [4.78, 5) is 23.9. The molecule has 0 radical (unpaired) electrons. The van der Waals surface area contributed by atoms with Crippen molar-refractivity contribution in [1.82, 2.24) is 10.2 Å². The van der Waals surface area contributed by atoms with E-state index < -0.39 is 21.9 Å². The van der Waals surface area contributed by atoms with Gasteiger partial charge in [-0.2, -0.15) is 8.42 Å². The molecule has 0 aliphatic heterocycles. The van der Waals surface area contributed by atoms with Crippen molar-refractivity contribution in [3.05, 3.63) is 65.2 Å². The van der Waals surface area contributed by atoms with Crippen LogP contribution in [0.1, 0.15) is 26.3 Å². The van der Waals surface area contributed by atoms with Crippen molar-refractivity contribution in [2.24, 2.45) is 0 Å². The number of sulfonamides is 1. The lowest BCUT2D eigenvalue weighted by molar-refractivity contribution is 0.0600. The Hall–Kier alpha value is -3.31. The van der Waals surface area contributed by atoms with Gasteiger partial charge in [-0.15, -0.1) is 10.2 Å². The van der Waals surface area contributed by atoms with Crippen LogP contribution < -0.4 is 10.0 Å². The molecule has 1 aromatic heterocycles. The van der Waals surface area contributed by atoms with E-state index in [0.717, 1.165) is 5.56 Å². The summed E-state index contributed by atoms with van der Waals surface area (Å²) in [6, 6.07) is 12.8. The molecule has 0 aliphatic carbocycles. The number of rotatable bonds is 6. The van der Waals surface area contributed by atoms with Crippen molar-refractivity contribution < 1.29 is 22.7 Å². The van der Waals surface area contributed by atoms with Gasteiger partial charge in [-0.25, -0.2) is 4.79 Å². The van der Waals surface area contributed by atoms with E-state index in [2.05, 4.69) is 25.0 Å². The van der Waals surface area contributed by atoms with Gasteiger partial charge >= 0.3 is 5.97 Å². The molecule has 1 amide bonds. The molecular formula is C18H16N4O5S2. The van der Waals surface area contributed by atoms with Crippen LogP contribution in [-0.4, -0.2) is 37.6 Å². The smallest absolute Gasteiger partial charge is 0.337 e. The van der Waals surface area contributed by atoms with Gasteiger partial charge in [0.1, 0.15) is 0 Å². The molecule has 0 saturated carbocycles. The maximum absolute atomic E-state index is 12.5. The number of anilines is 2. The van der Waals surface area contributed by atoms with E-state index in [9.17, 15) is 18.0 Å². The molecule has 0 bridgehead atoms. The SMILES string of the molecule is COC(=O)c1cccc(NS(=O)(=O)c2nnc(NC(=O)c3cccc(C)c3)s2)c1. The summed E-state index contributed by atoms with van der Waals surface area (Å²) in [7, 11) is -2.83. The summed E-state index contributed by atoms with van der Waals surface area (Å²) >= 11 is 0.705. The number of benzene rings is 2. The highest BCUT2D eigenvalue weighted by Gasteiger charge is 2.22. The summed E-state index contributed by atoms with van der Waals surface area (Å²) in [6.07, 6.45) is 0. The molecule has 0 atom stereocenters. The number of methoxy groups -OCH3 is 1. The Morgan fingerprint density at radius 2 is 1.76 bits per heavy atom. The van der Waals surface area contributed by atoms with Crippen molar-refractivity contribution in [2.45, 2.75) is 11.3 Å². The summed E-state index contributed by atoms with van der Waals surface area (Å²) in [5.74, 6) is -1.02. The second-order valence-corrected chi connectivity index (χ2v) is 8.71. The normalized spacial score (nSPS) is 11.0. The number of nitrogens with one attached hydrogen (secondary N) is 2. The second-order valence-electron chi connectivity index (χ2n) is 5.87. The number of hydrogen-bond donors (Lipinski definition) is 2. The molecular weight excluding hydrogens is 416 g/mol. The predicted octanol–water partition coefficient (Wildman–Crippen LogP) is 2.69. The number of aromatic nitrogens is 2. The van der Waals surface area contributed by atoms with Gasteiger partial charge in [0, 0.05) is 11.3 Å². The van der Waals surface area contributed by atoms with Crippen LogP contribution >= 0.6 is 11.3 Å². The van der Waals surface area contributed by atoms with Gasteiger partial charge in [0.25, 0.3) is 20.3 Å². The van der Waals surface area contributed by atoms with E-state index >= 15 is 0 Å². The number of hydrogen-bond acceptors (Lipinski definition) is 8. The average Bonchev–Trinajstić information content (AvgIpc) is 3.16. The molecule has 2 N–H and O–H groups in total. The van der Waals surface area contributed by atoms with Crippen LogP contribution in [0.15, 0.2) is 52.9 Å². The highest BCUT2D eigenvalue weighted by Crippen LogP contribution is 2.23. The Morgan fingerprint density at radius 1 is 1.03 bits per heavy atom. The quantitative estimate of drug-likeness (QED) is 0.453. The molecule has 150 valence electrons. The van der Waals surface area contributed by atoms with E-state index in [-0.39, 0.29) is 20.7 Å². The molecule has 29 heavy (non-hydrogen) atoms. The lowest BCUT2D eigenvalue weighted by atomic mass is 10.1. The Balaban J connectivity index is 1.75. The molecule has 0 saturated heterocycles. The van der Waals surface area contributed by atoms with Crippen molar-refractivity contribution in [3.8, 4) is 0 Å². The Bertz CT molecular complexity index is 1170. The Labute approximate surface area is 170 Å². The van der Waals surface area contributed by atoms with Crippen LogP contribution in [0.3, 0.4) is 0 Å². The molecule has 0 unspecified atom stereocenters. The van der Waals surface area contributed by atoms with Crippen LogP contribution in [0, 0.1) is 6.92 Å².